The molecule has 0 bridgehead atoms. The Morgan fingerprint density at radius 1 is 1.53 bits per heavy atom. The fourth-order valence-corrected chi connectivity index (χ4v) is 2.11. The molecule has 0 radical (unpaired) electrons. The normalized spacial score (nSPS) is 18.7. The lowest BCUT2D eigenvalue weighted by molar-refractivity contribution is -0.122. The number of piperidine rings is 1. The molecule has 104 valence electrons. The van der Waals surface area contributed by atoms with Crippen molar-refractivity contribution in [3.05, 3.63) is 24.3 Å². The van der Waals surface area contributed by atoms with E-state index >= 15 is 0 Å². The Labute approximate surface area is 113 Å². The Morgan fingerprint density at radius 2 is 2.42 bits per heavy atom. The van der Waals surface area contributed by atoms with E-state index in [0.29, 0.717) is 11.8 Å². The molecule has 1 aromatic carbocycles. The van der Waals surface area contributed by atoms with Gasteiger partial charge < -0.3 is 20.7 Å². The molecule has 1 fully saturated rings. The van der Waals surface area contributed by atoms with Crippen LogP contribution >= 0.6 is 0 Å². The fourth-order valence-electron chi connectivity index (χ4n) is 2.11. The minimum absolute atomic E-state index is 0.0466. The number of amides is 1. The summed E-state index contributed by atoms with van der Waals surface area (Å²) in [5.74, 6) is 0.576. The van der Waals surface area contributed by atoms with Crippen molar-refractivity contribution in [3.63, 3.8) is 0 Å². The zero-order chi connectivity index (χ0) is 13.5. The lowest BCUT2D eigenvalue weighted by Gasteiger charge is -2.25. The molecular formula is C14H21N3O2. The van der Waals surface area contributed by atoms with Crippen molar-refractivity contribution in [2.24, 2.45) is 0 Å². The first kappa shape index (κ1) is 13.7. The maximum absolute atomic E-state index is 11.1. The lowest BCUT2D eigenvalue weighted by atomic mass is 10.1. The molecule has 2 rings (SSSR count). The number of carbonyl (C=O) groups excluding carboxylic acids is 1. The Morgan fingerprint density at radius 3 is 3.16 bits per heavy atom. The third-order valence-corrected chi connectivity index (χ3v) is 3.15. The van der Waals surface area contributed by atoms with Crippen LogP contribution in [-0.2, 0) is 4.79 Å². The molecule has 1 unspecified atom stereocenters. The van der Waals surface area contributed by atoms with Gasteiger partial charge in [0.15, 0.2) is 6.61 Å². The number of ether oxygens (including phenoxy) is 1. The third kappa shape index (κ3) is 4.44. The summed E-state index contributed by atoms with van der Waals surface area (Å²) >= 11 is 0. The van der Waals surface area contributed by atoms with Gasteiger partial charge in [-0.15, -0.1) is 0 Å². The number of rotatable bonds is 5. The van der Waals surface area contributed by atoms with Gasteiger partial charge in [-0.3, -0.25) is 4.79 Å². The van der Waals surface area contributed by atoms with E-state index in [9.17, 15) is 4.79 Å². The Balaban J connectivity index is 1.88. The molecule has 0 aliphatic carbocycles. The molecule has 1 heterocycles. The Bertz CT molecular complexity index is 417. The highest BCUT2D eigenvalue weighted by Crippen LogP contribution is 2.19. The van der Waals surface area contributed by atoms with Gasteiger partial charge in [-0.05, 0) is 31.5 Å². The van der Waals surface area contributed by atoms with E-state index in [1.807, 2.05) is 24.3 Å². The zero-order valence-electron chi connectivity index (χ0n) is 11.2. The summed E-state index contributed by atoms with van der Waals surface area (Å²) in [6.45, 7) is 2.14. The van der Waals surface area contributed by atoms with Crippen molar-refractivity contribution in [2.75, 3.05) is 32.1 Å². The Kier molecular flexibility index (Phi) is 5.03. The van der Waals surface area contributed by atoms with Gasteiger partial charge in [-0.2, -0.15) is 0 Å². The van der Waals surface area contributed by atoms with Gasteiger partial charge in [0.2, 0.25) is 0 Å². The summed E-state index contributed by atoms with van der Waals surface area (Å²) in [6.07, 6.45) is 2.38. The van der Waals surface area contributed by atoms with Crippen LogP contribution in [0.4, 0.5) is 5.69 Å². The van der Waals surface area contributed by atoms with E-state index in [1.54, 1.807) is 7.05 Å². The number of carbonyl (C=O) groups is 1. The van der Waals surface area contributed by atoms with Crippen LogP contribution in [0.3, 0.4) is 0 Å². The molecule has 1 amide bonds. The molecule has 5 heteroatoms. The molecule has 3 N–H and O–H groups in total. The first-order valence-electron chi connectivity index (χ1n) is 6.68. The van der Waals surface area contributed by atoms with Gasteiger partial charge in [0.25, 0.3) is 5.91 Å². The van der Waals surface area contributed by atoms with Crippen LogP contribution in [0.2, 0.25) is 0 Å². The smallest absolute Gasteiger partial charge is 0.257 e. The van der Waals surface area contributed by atoms with Crippen molar-refractivity contribution >= 4 is 11.6 Å². The highest BCUT2D eigenvalue weighted by molar-refractivity contribution is 5.77. The maximum Gasteiger partial charge on any atom is 0.257 e. The molecule has 1 atom stereocenters. The minimum Gasteiger partial charge on any atom is -0.484 e. The number of nitrogens with one attached hydrogen (secondary N) is 3. The van der Waals surface area contributed by atoms with Crippen LogP contribution in [0, 0.1) is 0 Å². The number of hydrogen-bond donors (Lipinski definition) is 3. The molecule has 5 nitrogen and oxygen atoms in total. The van der Waals surface area contributed by atoms with E-state index in [4.69, 9.17) is 4.74 Å². The number of likely N-dealkylation sites (N-methyl/N-ethyl adjacent to an activating group) is 1. The molecule has 0 spiro atoms. The summed E-state index contributed by atoms with van der Waals surface area (Å²) in [7, 11) is 1.60. The van der Waals surface area contributed by atoms with E-state index in [0.717, 1.165) is 18.8 Å². The van der Waals surface area contributed by atoms with Gasteiger partial charge in [-0.25, -0.2) is 0 Å². The zero-order valence-corrected chi connectivity index (χ0v) is 11.2. The highest BCUT2D eigenvalue weighted by atomic mass is 16.5. The molecule has 19 heavy (non-hydrogen) atoms. The first-order valence-corrected chi connectivity index (χ1v) is 6.68. The fraction of sp³-hybridized carbons (Fsp3) is 0.500. The summed E-state index contributed by atoms with van der Waals surface area (Å²) in [4.78, 5) is 11.1. The van der Waals surface area contributed by atoms with E-state index in [-0.39, 0.29) is 12.5 Å². The average molecular weight is 263 g/mol. The van der Waals surface area contributed by atoms with Crippen molar-refractivity contribution in [1.82, 2.24) is 10.6 Å². The SMILES string of the molecule is CNC(=O)COc1cccc(NC2CCCNC2)c1. The van der Waals surface area contributed by atoms with Crippen LogP contribution in [0.1, 0.15) is 12.8 Å². The molecule has 1 aliphatic rings. The maximum atomic E-state index is 11.1. The van der Waals surface area contributed by atoms with Gasteiger partial charge in [0.05, 0.1) is 0 Å². The van der Waals surface area contributed by atoms with E-state index in [2.05, 4.69) is 16.0 Å². The van der Waals surface area contributed by atoms with Gasteiger partial charge >= 0.3 is 0 Å². The van der Waals surface area contributed by atoms with Gasteiger partial charge in [-0.1, -0.05) is 6.07 Å². The summed E-state index contributed by atoms with van der Waals surface area (Å²) in [5.41, 5.74) is 1.03. The number of benzene rings is 1. The van der Waals surface area contributed by atoms with Gasteiger partial charge in [0.1, 0.15) is 5.75 Å². The van der Waals surface area contributed by atoms with Gasteiger partial charge in [0, 0.05) is 31.4 Å². The van der Waals surface area contributed by atoms with Crippen LogP contribution in [0.25, 0.3) is 0 Å². The highest BCUT2D eigenvalue weighted by Gasteiger charge is 2.12. The number of hydrogen-bond acceptors (Lipinski definition) is 4. The molecule has 1 aromatic rings. The molecule has 1 aliphatic heterocycles. The standard InChI is InChI=1S/C14H21N3O2/c1-15-14(18)10-19-13-6-2-4-11(8-13)17-12-5-3-7-16-9-12/h2,4,6,8,12,16-17H,3,5,7,9-10H2,1H3,(H,15,18). The largest absolute Gasteiger partial charge is 0.484 e. The second-order valence-electron chi connectivity index (χ2n) is 4.68. The third-order valence-electron chi connectivity index (χ3n) is 3.15. The van der Waals surface area contributed by atoms with E-state index < -0.39 is 0 Å². The quantitative estimate of drug-likeness (QED) is 0.741. The van der Waals surface area contributed by atoms with Crippen LogP contribution < -0.4 is 20.7 Å². The van der Waals surface area contributed by atoms with Crippen molar-refractivity contribution in [2.45, 2.75) is 18.9 Å². The first-order chi connectivity index (χ1) is 9.28. The summed E-state index contributed by atoms with van der Waals surface area (Å²) in [5, 5.41) is 9.38. The van der Waals surface area contributed by atoms with Crippen molar-refractivity contribution in [3.8, 4) is 5.75 Å². The Hall–Kier alpha value is -1.75. The second kappa shape index (κ2) is 6.99. The van der Waals surface area contributed by atoms with Crippen LogP contribution in [0.5, 0.6) is 5.75 Å². The molecule has 0 saturated carbocycles. The predicted molar refractivity (Wildman–Crippen MR) is 75.5 cm³/mol. The summed E-state index contributed by atoms with van der Waals surface area (Å²) in [6, 6.07) is 8.19. The predicted octanol–water partition coefficient (Wildman–Crippen LogP) is 0.975. The topological polar surface area (TPSA) is 62.4 Å². The molecule has 0 aromatic heterocycles. The lowest BCUT2D eigenvalue weighted by Crippen LogP contribution is -2.38. The summed E-state index contributed by atoms with van der Waals surface area (Å²) < 4.78 is 5.42. The van der Waals surface area contributed by atoms with Crippen molar-refractivity contribution in [1.29, 1.82) is 0 Å². The van der Waals surface area contributed by atoms with Crippen molar-refractivity contribution < 1.29 is 9.53 Å². The average Bonchev–Trinajstić information content (AvgIpc) is 2.46. The number of anilines is 1. The monoisotopic (exact) mass is 263 g/mol. The molecule has 1 saturated heterocycles. The van der Waals surface area contributed by atoms with Crippen LogP contribution in [-0.4, -0.2) is 38.7 Å². The minimum atomic E-state index is -0.130. The molecular weight excluding hydrogens is 242 g/mol. The van der Waals surface area contributed by atoms with E-state index in [1.165, 1.54) is 12.8 Å². The second-order valence-corrected chi connectivity index (χ2v) is 4.68. The van der Waals surface area contributed by atoms with Crippen LogP contribution in [0.15, 0.2) is 24.3 Å².